The van der Waals surface area contributed by atoms with E-state index in [0.29, 0.717) is 12.3 Å². The van der Waals surface area contributed by atoms with E-state index in [2.05, 4.69) is 37.9 Å². The molecule has 0 bridgehead atoms. The van der Waals surface area contributed by atoms with Gasteiger partial charge in [-0.05, 0) is 47.5 Å². The Labute approximate surface area is 138 Å². The number of fused-ring (bicyclic) bond motifs is 1. The molecule has 2 rings (SSSR count). The second-order valence-electron chi connectivity index (χ2n) is 6.45. The molecule has 126 valence electrons. The Bertz CT molecular complexity index is 615. The lowest BCUT2D eigenvalue weighted by Gasteiger charge is -2.18. The Kier molecular flexibility index (Phi) is 5.97. The van der Waals surface area contributed by atoms with Gasteiger partial charge in [-0.2, -0.15) is 0 Å². The van der Waals surface area contributed by atoms with E-state index in [0.717, 1.165) is 24.0 Å². The van der Waals surface area contributed by atoms with Crippen LogP contribution in [0.1, 0.15) is 63.6 Å². The van der Waals surface area contributed by atoms with Crippen LogP contribution < -0.4 is 0 Å². The normalized spacial score (nSPS) is 18.7. The maximum atomic E-state index is 10.2. The van der Waals surface area contributed by atoms with Gasteiger partial charge in [0.25, 0.3) is 0 Å². The molecule has 1 aliphatic heterocycles. The summed E-state index contributed by atoms with van der Waals surface area (Å²) in [4.78, 5) is 4.16. The van der Waals surface area contributed by atoms with E-state index in [9.17, 15) is 5.11 Å². The molecule has 0 spiro atoms. The third-order valence-corrected chi connectivity index (χ3v) is 3.93. The second-order valence-corrected chi connectivity index (χ2v) is 6.45. The Morgan fingerprint density at radius 2 is 2.22 bits per heavy atom. The van der Waals surface area contributed by atoms with E-state index in [4.69, 9.17) is 9.47 Å². The maximum Gasteiger partial charge on any atom is 0.188 e. The summed E-state index contributed by atoms with van der Waals surface area (Å²) >= 11 is 0. The summed E-state index contributed by atoms with van der Waals surface area (Å²) in [6.45, 7) is 10.6. The largest absolute Gasteiger partial charge is 0.506 e. The third kappa shape index (κ3) is 4.66. The molecule has 1 aromatic rings. The number of aryl methyl sites for hydroxylation is 1. The van der Waals surface area contributed by atoms with Crippen LogP contribution >= 0.6 is 0 Å². The van der Waals surface area contributed by atoms with Gasteiger partial charge in [0.05, 0.1) is 24.0 Å². The SMILES string of the molecule is CC(C)=CCC/C(C)=C/C(C)OC1OCc2cnc(C)c(O)c21. The van der Waals surface area contributed by atoms with Crippen molar-refractivity contribution in [3.05, 3.63) is 46.3 Å². The molecule has 1 N–H and O–H groups in total. The molecule has 4 nitrogen and oxygen atoms in total. The van der Waals surface area contributed by atoms with Crippen LogP contribution in [0.25, 0.3) is 0 Å². The van der Waals surface area contributed by atoms with Crippen LogP contribution in [-0.2, 0) is 16.1 Å². The summed E-state index contributed by atoms with van der Waals surface area (Å²) in [6.07, 6.45) is 7.58. The average Bonchev–Trinajstić information content (AvgIpc) is 2.86. The van der Waals surface area contributed by atoms with Crippen molar-refractivity contribution in [2.45, 2.75) is 66.5 Å². The molecular formula is C19H27NO3. The van der Waals surface area contributed by atoms with Crippen molar-refractivity contribution in [3.63, 3.8) is 0 Å². The minimum Gasteiger partial charge on any atom is -0.506 e. The molecule has 1 aromatic heterocycles. The van der Waals surface area contributed by atoms with Crippen molar-refractivity contribution >= 4 is 0 Å². The molecule has 0 saturated heterocycles. The van der Waals surface area contributed by atoms with Crippen molar-refractivity contribution < 1.29 is 14.6 Å². The lowest BCUT2D eigenvalue weighted by Crippen LogP contribution is -2.12. The van der Waals surface area contributed by atoms with E-state index in [1.165, 1.54) is 11.1 Å². The number of rotatable bonds is 6. The van der Waals surface area contributed by atoms with Crippen molar-refractivity contribution in [2.75, 3.05) is 0 Å². The van der Waals surface area contributed by atoms with Crippen LogP contribution in [0.4, 0.5) is 0 Å². The first-order valence-electron chi connectivity index (χ1n) is 8.13. The number of pyridine rings is 1. The summed E-state index contributed by atoms with van der Waals surface area (Å²) in [5.74, 6) is 0.182. The standard InChI is InChI=1S/C19H27NO3/c1-12(2)7-6-8-13(3)9-14(4)23-19-17-16(11-22-19)10-20-15(5)18(17)21/h7,9-10,14,19,21H,6,8,11H2,1-5H3/b13-9+. The molecule has 4 heteroatoms. The number of aromatic hydroxyl groups is 1. The Morgan fingerprint density at radius 1 is 1.48 bits per heavy atom. The van der Waals surface area contributed by atoms with Crippen LogP contribution in [0.15, 0.2) is 29.5 Å². The molecule has 2 unspecified atom stereocenters. The van der Waals surface area contributed by atoms with E-state index in [1.807, 2.05) is 6.92 Å². The van der Waals surface area contributed by atoms with E-state index in [-0.39, 0.29) is 11.9 Å². The van der Waals surface area contributed by atoms with E-state index in [1.54, 1.807) is 13.1 Å². The first-order valence-corrected chi connectivity index (χ1v) is 8.13. The number of allylic oxidation sites excluding steroid dienone is 3. The van der Waals surface area contributed by atoms with Gasteiger partial charge in [-0.1, -0.05) is 23.3 Å². The summed E-state index contributed by atoms with van der Waals surface area (Å²) < 4.78 is 11.6. The summed E-state index contributed by atoms with van der Waals surface area (Å²) in [5.41, 5.74) is 4.86. The Balaban J connectivity index is 1.99. The van der Waals surface area contributed by atoms with Crippen LogP contribution in [0.2, 0.25) is 0 Å². The second kappa shape index (κ2) is 7.75. The highest BCUT2D eigenvalue weighted by Gasteiger charge is 2.29. The summed E-state index contributed by atoms with van der Waals surface area (Å²) in [6, 6.07) is 0. The van der Waals surface area contributed by atoms with Crippen LogP contribution in [0, 0.1) is 6.92 Å². The van der Waals surface area contributed by atoms with Gasteiger partial charge in [0, 0.05) is 11.8 Å². The van der Waals surface area contributed by atoms with Gasteiger partial charge in [0.2, 0.25) is 0 Å². The Morgan fingerprint density at radius 3 is 2.91 bits per heavy atom. The molecule has 0 saturated carbocycles. The molecule has 2 heterocycles. The fourth-order valence-electron chi connectivity index (χ4n) is 2.69. The summed E-state index contributed by atoms with van der Waals surface area (Å²) in [7, 11) is 0. The van der Waals surface area contributed by atoms with Gasteiger partial charge in [-0.15, -0.1) is 0 Å². The van der Waals surface area contributed by atoms with Gasteiger partial charge >= 0.3 is 0 Å². The topological polar surface area (TPSA) is 51.6 Å². The molecule has 1 aliphatic rings. The first-order chi connectivity index (χ1) is 10.9. The zero-order chi connectivity index (χ0) is 17.0. The predicted molar refractivity (Wildman–Crippen MR) is 91.1 cm³/mol. The zero-order valence-electron chi connectivity index (χ0n) is 14.7. The fourth-order valence-corrected chi connectivity index (χ4v) is 2.69. The molecule has 0 aromatic carbocycles. The first kappa shape index (κ1) is 17.7. The van der Waals surface area contributed by atoms with Gasteiger partial charge in [-0.25, -0.2) is 0 Å². The van der Waals surface area contributed by atoms with Gasteiger partial charge in [0.1, 0.15) is 5.75 Å². The molecule has 0 amide bonds. The van der Waals surface area contributed by atoms with Crippen molar-refractivity contribution in [1.82, 2.24) is 4.98 Å². The van der Waals surface area contributed by atoms with Crippen LogP contribution in [0.5, 0.6) is 5.75 Å². The average molecular weight is 317 g/mol. The Hall–Kier alpha value is -1.65. The molecule has 23 heavy (non-hydrogen) atoms. The molecule has 0 aliphatic carbocycles. The van der Waals surface area contributed by atoms with E-state index < -0.39 is 6.29 Å². The van der Waals surface area contributed by atoms with Crippen molar-refractivity contribution in [1.29, 1.82) is 0 Å². The fraction of sp³-hybridized carbons (Fsp3) is 0.526. The predicted octanol–water partition coefficient (Wildman–Crippen LogP) is 4.72. The number of nitrogens with zero attached hydrogens (tertiary/aromatic N) is 1. The van der Waals surface area contributed by atoms with Crippen LogP contribution in [-0.4, -0.2) is 16.2 Å². The number of aromatic nitrogens is 1. The quantitative estimate of drug-likeness (QED) is 0.771. The minimum absolute atomic E-state index is 0.0782. The minimum atomic E-state index is -0.525. The number of ether oxygens (including phenoxy) is 2. The van der Waals surface area contributed by atoms with Gasteiger partial charge in [0.15, 0.2) is 6.29 Å². The van der Waals surface area contributed by atoms with Crippen LogP contribution in [0.3, 0.4) is 0 Å². The highest BCUT2D eigenvalue weighted by Crippen LogP contribution is 2.39. The molecule has 2 atom stereocenters. The van der Waals surface area contributed by atoms with Gasteiger partial charge < -0.3 is 14.6 Å². The summed E-state index contributed by atoms with van der Waals surface area (Å²) in [5, 5.41) is 10.2. The van der Waals surface area contributed by atoms with E-state index >= 15 is 0 Å². The lowest BCUT2D eigenvalue weighted by molar-refractivity contribution is -0.153. The monoisotopic (exact) mass is 317 g/mol. The molecule has 0 radical (unpaired) electrons. The number of hydrogen-bond acceptors (Lipinski definition) is 4. The smallest absolute Gasteiger partial charge is 0.188 e. The van der Waals surface area contributed by atoms with Crippen molar-refractivity contribution in [2.24, 2.45) is 0 Å². The maximum absolute atomic E-state index is 10.2. The molecular weight excluding hydrogens is 290 g/mol. The highest BCUT2D eigenvalue weighted by molar-refractivity contribution is 5.43. The molecule has 0 fully saturated rings. The van der Waals surface area contributed by atoms with Crippen molar-refractivity contribution in [3.8, 4) is 5.75 Å². The number of hydrogen-bond donors (Lipinski definition) is 1. The van der Waals surface area contributed by atoms with Gasteiger partial charge in [-0.3, -0.25) is 4.98 Å². The highest BCUT2D eigenvalue weighted by atomic mass is 16.7. The lowest BCUT2D eigenvalue weighted by atomic mass is 10.1. The third-order valence-electron chi connectivity index (χ3n) is 3.93. The zero-order valence-corrected chi connectivity index (χ0v) is 14.7.